The summed E-state index contributed by atoms with van der Waals surface area (Å²) in [5, 5.41) is 7.16. The average Bonchev–Trinajstić information content (AvgIpc) is 3.13. The molecule has 0 saturated carbocycles. The van der Waals surface area contributed by atoms with Crippen LogP contribution in [-0.4, -0.2) is 39.3 Å². The van der Waals surface area contributed by atoms with Crippen LogP contribution in [0.15, 0.2) is 36.8 Å². The van der Waals surface area contributed by atoms with E-state index in [-0.39, 0.29) is 0 Å². The van der Waals surface area contributed by atoms with Gasteiger partial charge >= 0.3 is 0 Å². The Morgan fingerprint density at radius 2 is 1.95 bits per heavy atom. The molecule has 0 atom stereocenters. The number of hydrogen-bond donors (Lipinski definition) is 1. The smallest absolute Gasteiger partial charge is 0.0490 e. The Balaban J connectivity index is 1.38. The molecule has 1 aliphatic rings. The third kappa shape index (κ3) is 3.26. The van der Waals surface area contributed by atoms with Crippen molar-refractivity contribution < 1.29 is 0 Å². The predicted octanol–water partition coefficient (Wildman–Crippen LogP) is 2.48. The zero-order valence-electron chi connectivity index (χ0n) is 11.3. The quantitative estimate of drug-likeness (QED) is 0.894. The number of nitrogens with zero attached hydrogens (tertiary/aromatic N) is 3. The van der Waals surface area contributed by atoms with Gasteiger partial charge in [-0.3, -0.25) is 5.10 Å². The van der Waals surface area contributed by atoms with Crippen molar-refractivity contribution in [1.29, 1.82) is 0 Å². The van der Waals surface area contributed by atoms with Crippen molar-refractivity contribution in [2.75, 3.05) is 19.6 Å². The molecule has 0 unspecified atom stereocenters. The lowest BCUT2D eigenvalue weighted by atomic mass is 9.93. The van der Waals surface area contributed by atoms with Crippen molar-refractivity contribution in [2.45, 2.75) is 31.7 Å². The van der Waals surface area contributed by atoms with Crippen molar-refractivity contribution in [1.82, 2.24) is 19.7 Å². The van der Waals surface area contributed by atoms with E-state index in [1.54, 1.807) is 0 Å². The van der Waals surface area contributed by atoms with Crippen LogP contribution in [0.2, 0.25) is 0 Å². The monoisotopic (exact) mass is 258 g/mol. The zero-order valence-corrected chi connectivity index (χ0v) is 11.3. The first-order valence-corrected chi connectivity index (χ1v) is 7.24. The third-order valence-corrected chi connectivity index (χ3v) is 4.11. The number of aryl methyl sites for hydroxylation is 1. The van der Waals surface area contributed by atoms with E-state index >= 15 is 0 Å². The minimum Gasteiger partial charge on any atom is -0.354 e. The Morgan fingerprint density at radius 1 is 1.16 bits per heavy atom. The molecule has 0 radical (unpaired) electrons. The van der Waals surface area contributed by atoms with Crippen molar-refractivity contribution in [2.24, 2.45) is 0 Å². The number of aromatic amines is 1. The molecule has 4 nitrogen and oxygen atoms in total. The Hall–Kier alpha value is -1.55. The lowest BCUT2D eigenvalue weighted by Gasteiger charge is -2.31. The lowest BCUT2D eigenvalue weighted by molar-refractivity contribution is 0.206. The highest BCUT2D eigenvalue weighted by atomic mass is 15.1. The maximum absolute atomic E-state index is 4.05. The van der Waals surface area contributed by atoms with Crippen LogP contribution in [0.4, 0.5) is 0 Å². The number of H-pyrrole nitrogens is 1. The molecule has 1 saturated heterocycles. The van der Waals surface area contributed by atoms with E-state index in [4.69, 9.17) is 0 Å². The topological polar surface area (TPSA) is 36.9 Å². The molecule has 19 heavy (non-hydrogen) atoms. The highest BCUT2D eigenvalue weighted by molar-refractivity contribution is 5.06. The van der Waals surface area contributed by atoms with Crippen LogP contribution in [0, 0.1) is 0 Å². The Morgan fingerprint density at radius 3 is 2.63 bits per heavy atom. The molecule has 0 spiro atoms. The number of nitrogens with one attached hydrogen (secondary N) is 1. The molecule has 0 aromatic carbocycles. The molecule has 0 aliphatic carbocycles. The first kappa shape index (κ1) is 12.5. The molecule has 2 aromatic rings. The summed E-state index contributed by atoms with van der Waals surface area (Å²) in [6.45, 7) is 4.78. The number of aromatic nitrogens is 3. The molecule has 1 N–H and O–H groups in total. The minimum atomic E-state index is 0.684. The van der Waals surface area contributed by atoms with Crippen LogP contribution in [0.5, 0.6) is 0 Å². The van der Waals surface area contributed by atoms with Gasteiger partial charge in [0.15, 0.2) is 0 Å². The molecule has 1 aliphatic heterocycles. The largest absolute Gasteiger partial charge is 0.354 e. The molecular weight excluding hydrogens is 236 g/mol. The average molecular weight is 258 g/mol. The molecular formula is C15H22N4. The normalized spacial score (nSPS) is 17.9. The fourth-order valence-electron chi connectivity index (χ4n) is 2.96. The van der Waals surface area contributed by atoms with Crippen LogP contribution in [-0.2, 0) is 6.54 Å². The minimum absolute atomic E-state index is 0.684. The summed E-state index contributed by atoms with van der Waals surface area (Å²) in [5.74, 6) is 0.684. The number of likely N-dealkylation sites (tertiary alicyclic amines) is 1. The second-order valence-electron chi connectivity index (χ2n) is 5.40. The molecule has 102 valence electrons. The van der Waals surface area contributed by atoms with Gasteiger partial charge in [0, 0.05) is 36.7 Å². The molecule has 0 amide bonds. The van der Waals surface area contributed by atoms with Gasteiger partial charge in [0.1, 0.15) is 0 Å². The number of piperidine rings is 1. The maximum Gasteiger partial charge on any atom is 0.0490 e. The first-order valence-electron chi connectivity index (χ1n) is 7.24. The van der Waals surface area contributed by atoms with Crippen LogP contribution in [0.25, 0.3) is 0 Å². The van der Waals surface area contributed by atoms with Gasteiger partial charge in [0.05, 0.1) is 0 Å². The van der Waals surface area contributed by atoms with E-state index in [1.165, 1.54) is 44.6 Å². The lowest BCUT2D eigenvalue weighted by Crippen LogP contribution is -2.34. The second-order valence-corrected chi connectivity index (χ2v) is 5.40. The van der Waals surface area contributed by atoms with E-state index in [0.29, 0.717) is 5.92 Å². The molecule has 2 aromatic heterocycles. The predicted molar refractivity (Wildman–Crippen MR) is 76.1 cm³/mol. The molecule has 3 heterocycles. The van der Waals surface area contributed by atoms with Crippen LogP contribution in [0.1, 0.15) is 30.9 Å². The SMILES string of the molecule is c1ccn(CCCN2CCC(c3ccn[nH]3)CC2)c1. The molecule has 3 rings (SSSR count). The summed E-state index contributed by atoms with van der Waals surface area (Å²) in [4.78, 5) is 2.59. The molecule has 4 heteroatoms. The summed E-state index contributed by atoms with van der Waals surface area (Å²) in [5.41, 5.74) is 1.31. The summed E-state index contributed by atoms with van der Waals surface area (Å²) in [6, 6.07) is 6.30. The Labute approximate surface area is 114 Å². The third-order valence-electron chi connectivity index (χ3n) is 4.11. The Kier molecular flexibility index (Phi) is 3.98. The van der Waals surface area contributed by atoms with Crippen LogP contribution < -0.4 is 0 Å². The first-order chi connectivity index (χ1) is 9.42. The summed E-state index contributed by atoms with van der Waals surface area (Å²) in [7, 11) is 0. The van der Waals surface area contributed by atoms with Gasteiger partial charge in [-0.25, -0.2) is 0 Å². The van der Waals surface area contributed by atoms with E-state index in [2.05, 4.69) is 50.3 Å². The van der Waals surface area contributed by atoms with E-state index in [1.807, 2.05) is 6.20 Å². The van der Waals surface area contributed by atoms with Crippen molar-refractivity contribution >= 4 is 0 Å². The van der Waals surface area contributed by atoms with E-state index in [9.17, 15) is 0 Å². The second kappa shape index (κ2) is 6.06. The summed E-state index contributed by atoms with van der Waals surface area (Å²) in [6.07, 6.45) is 9.90. The van der Waals surface area contributed by atoms with Crippen LogP contribution in [0.3, 0.4) is 0 Å². The van der Waals surface area contributed by atoms with E-state index < -0.39 is 0 Å². The molecule has 0 bridgehead atoms. The van der Waals surface area contributed by atoms with Gasteiger partial charge in [-0.1, -0.05) is 0 Å². The summed E-state index contributed by atoms with van der Waals surface area (Å²) >= 11 is 0. The fourth-order valence-corrected chi connectivity index (χ4v) is 2.96. The van der Waals surface area contributed by atoms with Gasteiger partial charge in [-0.15, -0.1) is 0 Å². The highest BCUT2D eigenvalue weighted by Crippen LogP contribution is 2.26. The maximum atomic E-state index is 4.05. The van der Waals surface area contributed by atoms with Gasteiger partial charge in [-0.05, 0) is 57.1 Å². The highest BCUT2D eigenvalue weighted by Gasteiger charge is 2.20. The van der Waals surface area contributed by atoms with Gasteiger partial charge in [-0.2, -0.15) is 5.10 Å². The van der Waals surface area contributed by atoms with Crippen molar-refractivity contribution in [3.63, 3.8) is 0 Å². The van der Waals surface area contributed by atoms with Gasteiger partial charge < -0.3 is 9.47 Å². The standard InChI is InChI=1S/C15H22N4/c1-2-9-18(8-1)10-3-11-19-12-5-14(6-13-19)15-4-7-16-17-15/h1-2,4,7-9,14H,3,5-6,10-13H2,(H,16,17). The van der Waals surface area contributed by atoms with Gasteiger partial charge in [0.25, 0.3) is 0 Å². The Bertz CT molecular complexity index is 450. The van der Waals surface area contributed by atoms with Gasteiger partial charge in [0.2, 0.25) is 0 Å². The van der Waals surface area contributed by atoms with Crippen LogP contribution >= 0.6 is 0 Å². The van der Waals surface area contributed by atoms with Crippen molar-refractivity contribution in [3.8, 4) is 0 Å². The van der Waals surface area contributed by atoms with Crippen molar-refractivity contribution in [3.05, 3.63) is 42.5 Å². The fraction of sp³-hybridized carbons (Fsp3) is 0.533. The summed E-state index contributed by atoms with van der Waals surface area (Å²) < 4.78 is 2.26. The molecule has 1 fully saturated rings. The number of rotatable bonds is 5. The van der Waals surface area contributed by atoms with E-state index in [0.717, 1.165) is 6.54 Å². The zero-order chi connectivity index (χ0) is 12.9. The number of hydrogen-bond acceptors (Lipinski definition) is 2.